The van der Waals surface area contributed by atoms with Crippen molar-refractivity contribution < 1.29 is 9.18 Å². The maximum Gasteiger partial charge on any atom is 0.227 e. The summed E-state index contributed by atoms with van der Waals surface area (Å²) in [5, 5.41) is 11.6. The molecular formula is C15H18FN3O. The molecule has 106 valence electrons. The lowest BCUT2D eigenvalue weighted by molar-refractivity contribution is -0.120. The Balaban J connectivity index is 2.20. The predicted octanol–water partition coefficient (Wildman–Crippen LogP) is 2.32. The van der Waals surface area contributed by atoms with Gasteiger partial charge in [0.2, 0.25) is 5.91 Å². The standard InChI is InChI=1S/C15H18FN3O/c1-9-13(16)5-10(7-17)6-14(9)19-15(20)12-4-2-3-11(12)8-18/h5-6,11-12H,2-4,8,18H2,1H3,(H,19,20). The molecule has 1 aliphatic rings. The largest absolute Gasteiger partial charge is 0.330 e. The van der Waals surface area contributed by atoms with E-state index >= 15 is 0 Å². The van der Waals surface area contributed by atoms with Crippen molar-refractivity contribution >= 4 is 11.6 Å². The molecule has 1 fully saturated rings. The summed E-state index contributed by atoms with van der Waals surface area (Å²) >= 11 is 0. The van der Waals surface area contributed by atoms with Crippen LogP contribution in [-0.2, 0) is 4.79 Å². The highest BCUT2D eigenvalue weighted by atomic mass is 19.1. The fourth-order valence-electron chi connectivity index (χ4n) is 2.76. The highest BCUT2D eigenvalue weighted by Gasteiger charge is 2.32. The Bertz CT molecular complexity index is 565. The van der Waals surface area contributed by atoms with Crippen molar-refractivity contribution in [3.05, 3.63) is 29.1 Å². The van der Waals surface area contributed by atoms with Crippen molar-refractivity contribution in [2.24, 2.45) is 17.6 Å². The number of halogens is 1. The number of hydrogen-bond acceptors (Lipinski definition) is 3. The lowest BCUT2D eigenvalue weighted by Gasteiger charge is -2.18. The number of benzene rings is 1. The molecule has 0 saturated heterocycles. The van der Waals surface area contributed by atoms with Crippen molar-refractivity contribution in [2.75, 3.05) is 11.9 Å². The third-order valence-electron chi connectivity index (χ3n) is 4.03. The van der Waals surface area contributed by atoms with Crippen LogP contribution in [0.5, 0.6) is 0 Å². The van der Waals surface area contributed by atoms with Gasteiger partial charge in [-0.2, -0.15) is 5.26 Å². The van der Waals surface area contributed by atoms with Gasteiger partial charge in [-0.15, -0.1) is 0 Å². The van der Waals surface area contributed by atoms with Crippen LogP contribution in [0.3, 0.4) is 0 Å². The summed E-state index contributed by atoms with van der Waals surface area (Å²) in [6.45, 7) is 2.07. The van der Waals surface area contributed by atoms with Gasteiger partial charge in [0.1, 0.15) is 5.82 Å². The maximum atomic E-state index is 13.7. The van der Waals surface area contributed by atoms with Crippen LogP contribution >= 0.6 is 0 Å². The van der Waals surface area contributed by atoms with Gasteiger partial charge in [0.05, 0.1) is 11.6 Å². The summed E-state index contributed by atoms with van der Waals surface area (Å²) in [4.78, 5) is 12.3. The van der Waals surface area contributed by atoms with Crippen LogP contribution in [0, 0.1) is 35.9 Å². The van der Waals surface area contributed by atoms with E-state index < -0.39 is 5.82 Å². The molecule has 2 rings (SSSR count). The number of amides is 1. The average molecular weight is 275 g/mol. The molecule has 0 heterocycles. The highest BCUT2D eigenvalue weighted by Crippen LogP contribution is 2.32. The van der Waals surface area contributed by atoms with Gasteiger partial charge in [-0.25, -0.2) is 4.39 Å². The molecule has 1 aromatic rings. The Morgan fingerprint density at radius 1 is 1.55 bits per heavy atom. The minimum atomic E-state index is -0.485. The number of nitrogens with two attached hydrogens (primary N) is 1. The number of carbonyl (C=O) groups excluding carboxylic acids is 1. The van der Waals surface area contributed by atoms with Crippen molar-refractivity contribution in [1.82, 2.24) is 0 Å². The SMILES string of the molecule is Cc1c(F)cc(C#N)cc1NC(=O)C1CCCC1CN. The Hall–Kier alpha value is -1.93. The van der Waals surface area contributed by atoms with Crippen LogP contribution in [0.2, 0.25) is 0 Å². The quantitative estimate of drug-likeness (QED) is 0.888. The first-order valence-corrected chi connectivity index (χ1v) is 6.78. The number of hydrogen-bond donors (Lipinski definition) is 2. The minimum Gasteiger partial charge on any atom is -0.330 e. The molecule has 0 radical (unpaired) electrons. The molecule has 3 N–H and O–H groups in total. The number of nitrogens with zero attached hydrogens (tertiary/aromatic N) is 1. The fourth-order valence-corrected chi connectivity index (χ4v) is 2.76. The van der Waals surface area contributed by atoms with Crippen LogP contribution in [0.25, 0.3) is 0 Å². The van der Waals surface area contributed by atoms with Gasteiger partial charge < -0.3 is 11.1 Å². The summed E-state index contributed by atoms with van der Waals surface area (Å²) in [6.07, 6.45) is 2.76. The van der Waals surface area contributed by atoms with E-state index in [2.05, 4.69) is 5.32 Å². The molecule has 0 aromatic heterocycles. The molecule has 1 saturated carbocycles. The zero-order valence-electron chi connectivity index (χ0n) is 11.4. The van der Waals surface area contributed by atoms with Crippen LogP contribution < -0.4 is 11.1 Å². The first-order valence-electron chi connectivity index (χ1n) is 6.78. The zero-order valence-corrected chi connectivity index (χ0v) is 11.4. The number of nitrogens with one attached hydrogen (secondary N) is 1. The smallest absolute Gasteiger partial charge is 0.227 e. The van der Waals surface area contributed by atoms with Crippen molar-refractivity contribution in [1.29, 1.82) is 5.26 Å². The number of rotatable bonds is 3. The zero-order chi connectivity index (χ0) is 14.7. The van der Waals surface area contributed by atoms with E-state index in [-0.39, 0.29) is 23.3 Å². The van der Waals surface area contributed by atoms with E-state index in [0.29, 0.717) is 17.8 Å². The molecule has 1 amide bonds. The normalized spacial score (nSPS) is 21.5. The number of carbonyl (C=O) groups is 1. The van der Waals surface area contributed by atoms with E-state index in [9.17, 15) is 9.18 Å². The summed E-state index contributed by atoms with van der Waals surface area (Å²) in [6, 6.07) is 4.56. The van der Waals surface area contributed by atoms with Gasteiger partial charge in [0.15, 0.2) is 0 Å². The van der Waals surface area contributed by atoms with Gasteiger partial charge in [0.25, 0.3) is 0 Å². The second kappa shape index (κ2) is 6.02. The molecular weight excluding hydrogens is 257 g/mol. The summed E-state index contributed by atoms with van der Waals surface area (Å²) in [5.41, 5.74) is 6.59. The topological polar surface area (TPSA) is 78.9 Å². The van der Waals surface area contributed by atoms with Crippen LogP contribution in [-0.4, -0.2) is 12.5 Å². The molecule has 4 nitrogen and oxygen atoms in total. The van der Waals surface area contributed by atoms with E-state index in [1.807, 2.05) is 6.07 Å². The second-order valence-corrected chi connectivity index (χ2v) is 5.26. The van der Waals surface area contributed by atoms with Gasteiger partial charge in [-0.3, -0.25) is 4.79 Å². The second-order valence-electron chi connectivity index (χ2n) is 5.26. The van der Waals surface area contributed by atoms with Gasteiger partial charge in [0, 0.05) is 17.2 Å². The van der Waals surface area contributed by atoms with Crippen molar-refractivity contribution in [2.45, 2.75) is 26.2 Å². The molecule has 2 atom stereocenters. The number of anilines is 1. The molecule has 5 heteroatoms. The highest BCUT2D eigenvalue weighted by molar-refractivity contribution is 5.93. The van der Waals surface area contributed by atoms with Crippen LogP contribution in [0.4, 0.5) is 10.1 Å². The molecule has 0 bridgehead atoms. The Morgan fingerprint density at radius 2 is 2.30 bits per heavy atom. The Morgan fingerprint density at radius 3 is 2.95 bits per heavy atom. The van der Waals surface area contributed by atoms with E-state index in [1.165, 1.54) is 12.1 Å². The molecule has 20 heavy (non-hydrogen) atoms. The minimum absolute atomic E-state index is 0.117. The van der Waals surface area contributed by atoms with E-state index in [4.69, 9.17) is 11.0 Å². The lowest BCUT2D eigenvalue weighted by atomic mass is 9.95. The average Bonchev–Trinajstić information content (AvgIpc) is 2.91. The third-order valence-corrected chi connectivity index (χ3v) is 4.03. The van der Waals surface area contributed by atoms with E-state index in [1.54, 1.807) is 6.92 Å². The summed E-state index contributed by atoms with van der Waals surface area (Å²) < 4.78 is 13.7. The van der Waals surface area contributed by atoms with Crippen LogP contribution in [0.1, 0.15) is 30.4 Å². The summed E-state index contributed by atoms with van der Waals surface area (Å²) in [7, 11) is 0. The van der Waals surface area contributed by atoms with Crippen molar-refractivity contribution in [3.63, 3.8) is 0 Å². The monoisotopic (exact) mass is 275 g/mol. The van der Waals surface area contributed by atoms with Crippen molar-refractivity contribution in [3.8, 4) is 6.07 Å². The van der Waals surface area contributed by atoms with E-state index in [0.717, 1.165) is 19.3 Å². The number of nitriles is 1. The molecule has 1 aromatic carbocycles. The predicted molar refractivity (Wildman–Crippen MR) is 74.4 cm³/mol. The lowest BCUT2D eigenvalue weighted by Crippen LogP contribution is -2.30. The molecule has 0 aliphatic heterocycles. The van der Waals surface area contributed by atoms with Crippen LogP contribution in [0.15, 0.2) is 12.1 Å². The van der Waals surface area contributed by atoms with Gasteiger partial charge in [-0.1, -0.05) is 6.42 Å². The fraction of sp³-hybridized carbons (Fsp3) is 0.467. The summed E-state index contributed by atoms with van der Waals surface area (Å²) in [5.74, 6) is -0.538. The molecule has 2 unspecified atom stereocenters. The first kappa shape index (κ1) is 14.5. The molecule has 1 aliphatic carbocycles. The first-order chi connectivity index (χ1) is 9.56. The maximum absolute atomic E-state index is 13.7. The van der Waals surface area contributed by atoms with Gasteiger partial charge in [-0.05, 0) is 44.4 Å². The molecule has 0 spiro atoms. The Labute approximate surface area is 117 Å². The Kier molecular flexibility index (Phi) is 4.35. The third kappa shape index (κ3) is 2.81. The van der Waals surface area contributed by atoms with Gasteiger partial charge >= 0.3 is 0 Å².